The predicted molar refractivity (Wildman–Crippen MR) is 66.1 cm³/mol. The van der Waals surface area contributed by atoms with E-state index in [1.807, 2.05) is 36.4 Å². The van der Waals surface area contributed by atoms with Crippen molar-refractivity contribution in [3.63, 3.8) is 0 Å². The fourth-order valence-electron chi connectivity index (χ4n) is 2.20. The molecule has 0 aliphatic heterocycles. The molecule has 0 heterocycles. The summed E-state index contributed by atoms with van der Waals surface area (Å²) in [5.41, 5.74) is 3.61. The zero-order valence-electron chi connectivity index (χ0n) is 9.05. The molecular weight excluding hydrogens is 212 g/mol. The lowest BCUT2D eigenvalue weighted by Crippen LogP contribution is -2.22. The van der Waals surface area contributed by atoms with Gasteiger partial charge in [0.15, 0.2) is 5.78 Å². The van der Waals surface area contributed by atoms with Gasteiger partial charge in [0.2, 0.25) is 0 Å². The van der Waals surface area contributed by atoms with Crippen LogP contribution in [0, 0.1) is 0 Å². The Morgan fingerprint density at radius 1 is 0.765 bits per heavy atom. The van der Waals surface area contributed by atoms with Crippen molar-refractivity contribution in [1.82, 2.24) is 0 Å². The minimum Gasteiger partial charge on any atom is -0.323 e. The summed E-state index contributed by atoms with van der Waals surface area (Å²) in [5.74, 6) is 5.49. The van der Waals surface area contributed by atoms with Gasteiger partial charge < -0.3 is 5.84 Å². The maximum Gasteiger partial charge on any atom is 0.194 e. The van der Waals surface area contributed by atoms with Crippen LogP contribution in [0.25, 0.3) is 0 Å². The maximum absolute atomic E-state index is 12.3. The highest BCUT2D eigenvalue weighted by Crippen LogP contribution is 2.26. The molecule has 82 valence electrons. The molecule has 0 unspecified atom stereocenters. The summed E-state index contributed by atoms with van der Waals surface area (Å²) in [5, 5.41) is 3.83. The molecule has 3 heteroatoms. The normalized spacial score (nSPS) is 12.9. The largest absolute Gasteiger partial charge is 0.323 e. The van der Waals surface area contributed by atoms with Gasteiger partial charge in [-0.3, -0.25) is 4.79 Å². The van der Waals surface area contributed by atoms with Crippen LogP contribution < -0.4 is 5.84 Å². The predicted octanol–water partition coefficient (Wildman–Crippen LogP) is 1.94. The van der Waals surface area contributed by atoms with E-state index in [2.05, 4.69) is 5.10 Å². The van der Waals surface area contributed by atoms with Gasteiger partial charge in [0, 0.05) is 22.3 Å². The van der Waals surface area contributed by atoms with Crippen molar-refractivity contribution < 1.29 is 4.79 Å². The molecule has 2 N–H and O–H groups in total. The van der Waals surface area contributed by atoms with Gasteiger partial charge in [-0.05, 0) is 0 Å². The van der Waals surface area contributed by atoms with Crippen LogP contribution in [0.4, 0.5) is 0 Å². The molecule has 0 radical (unpaired) electrons. The lowest BCUT2D eigenvalue weighted by molar-refractivity contribution is 0.103. The fourth-order valence-corrected chi connectivity index (χ4v) is 2.20. The highest BCUT2D eigenvalue weighted by Gasteiger charge is 2.26. The third-order valence-electron chi connectivity index (χ3n) is 2.98. The molecule has 3 rings (SSSR count). The third kappa shape index (κ3) is 1.29. The van der Waals surface area contributed by atoms with E-state index < -0.39 is 0 Å². The van der Waals surface area contributed by atoms with Gasteiger partial charge in [0.05, 0.1) is 5.71 Å². The zero-order valence-corrected chi connectivity index (χ0v) is 9.05. The summed E-state index contributed by atoms with van der Waals surface area (Å²) < 4.78 is 0. The number of carbonyl (C=O) groups is 1. The molecule has 1 aliphatic rings. The van der Waals surface area contributed by atoms with Crippen molar-refractivity contribution in [1.29, 1.82) is 0 Å². The summed E-state index contributed by atoms with van der Waals surface area (Å²) in [6.45, 7) is 0. The maximum atomic E-state index is 12.3. The van der Waals surface area contributed by atoms with Gasteiger partial charge >= 0.3 is 0 Å². The zero-order chi connectivity index (χ0) is 11.8. The van der Waals surface area contributed by atoms with E-state index in [1.165, 1.54) is 0 Å². The van der Waals surface area contributed by atoms with E-state index in [1.54, 1.807) is 12.1 Å². The SMILES string of the molecule is NN=C1c2ccccc2C(=O)c2ccccc21. The number of benzene rings is 2. The summed E-state index contributed by atoms with van der Waals surface area (Å²) >= 11 is 0. The molecule has 0 spiro atoms. The Kier molecular flexibility index (Phi) is 2.05. The van der Waals surface area contributed by atoms with Crippen LogP contribution >= 0.6 is 0 Å². The second-order valence-corrected chi connectivity index (χ2v) is 3.90. The first-order valence-electron chi connectivity index (χ1n) is 5.34. The Morgan fingerprint density at radius 3 is 1.59 bits per heavy atom. The second-order valence-electron chi connectivity index (χ2n) is 3.90. The average Bonchev–Trinajstić information content (AvgIpc) is 2.40. The van der Waals surface area contributed by atoms with E-state index in [0.717, 1.165) is 11.1 Å². The smallest absolute Gasteiger partial charge is 0.194 e. The van der Waals surface area contributed by atoms with Gasteiger partial charge in [-0.2, -0.15) is 5.10 Å². The van der Waals surface area contributed by atoms with Crippen LogP contribution in [-0.4, -0.2) is 11.5 Å². The van der Waals surface area contributed by atoms with Crippen LogP contribution in [0.3, 0.4) is 0 Å². The Balaban J connectivity index is 2.37. The van der Waals surface area contributed by atoms with Crippen molar-refractivity contribution in [3.05, 3.63) is 70.8 Å². The minimum atomic E-state index is 0.0311. The van der Waals surface area contributed by atoms with Crippen LogP contribution in [0.2, 0.25) is 0 Å². The van der Waals surface area contributed by atoms with Gasteiger partial charge in [0.1, 0.15) is 0 Å². The molecule has 2 aromatic rings. The molecule has 0 bridgehead atoms. The molecule has 0 saturated heterocycles. The van der Waals surface area contributed by atoms with E-state index >= 15 is 0 Å². The Hall–Kier alpha value is -2.42. The van der Waals surface area contributed by atoms with Gasteiger partial charge in [-0.15, -0.1) is 0 Å². The quantitative estimate of drug-likeness (QED) is 0.467. The fraction of sp³-hybridized carbons (Fsp3) is 0. The average molecular weight is 222 g/mol. The van der Waals surface area contributed by atoms with E-state index in [0.29, 0.717) is 16.8 Å². The summed E-state index contributed by atoms with van der Waals surface area (Å²) in [6, 6.07) is 14.8. The van der Waals surface area contributed by atoms with Crippen molar-refractivity contribution in [3.8, 4) is 0 Å². The first kappa shape index (κ1) is 9.78. The molecule has 0 amide bonds. The summed E-state index contributed by atoms with van der Waals surface area (Å²) in [4.78, 5) is 12.3. The number of nitrogens with two attached hydrogens (primary N) is 1. The second kappa shape index (κ2) is 3.56. The van der Waals surface area contributed by atoms with Gasteiger partial charge in [-0.25, -0.2) is 0 Å². The van der Waals surface area contributed by atoms with Crippen LogP contribution in [0.15, 0.2) is 53.6 Å². The Morgan fingerprint density at radius 2 is 1.18 bits per heavy atom. The molecule has 2 aromatic carbocycles. The number of hydrazone groups is 1. The molecule has 3 nitrogen and oxygen atoms in total. The number of nitrogens with zero attached hydrogens (tertiary/aromatic N) is 1. The van der Waals surface area contributed by atoms with Crippen molar-refractivity contribution in [2.24, 2.45) is 10.9 Å². The van der Waals surface area contributed by atoms with Crippen LogP contribution in [0.5, 0.6) is 0 Å². The Bertz CT molecular complexity index is 593. The number of ketones is 1. The number of carbonyl (C=O) groups excluding carboxylic acids is 1. The van der Waals surface area contributed by atoms with E-state index in [4.69, 9.17) is 5.84 Å². The topological polar surface area (TPSA) is 55.4 Å². The number of hydrogen-bond acceptors (Lipinski definition) is 3. The van der Waals surface area contributed by atoms with Crippen molar-refractivity contribution in [2.75, 3.05) is 0 Å². The summed E-state index contributed by atoms with van der Waals surface area (Å²) in [6.07, 6.45) is 0. The molecule has 1 aliphatic carbocycles. The van der Waals surface area contributed by atoms with E-state index in [9.17, 15) is 4.79 Å². The first-order chi connectivity index (χ1) is 8.33. The first-order valence-corrected chi connectivity index (χ1v) is 5.34. The minimum absolute atomic E-state index is 0.0311. The van der Waals surface area contributed by atoms with Gasteiger partial charge in [0.25, 0.3) is 0 Å². The van der Waals surface area contributed by atoms with Crippen LogP contribution in [-0.2, 0) is 0 Å². The van der Waals surface area contributed by atoms with Crippen molar-refractivity contribution >= 4 is 11.5 Å². The third-order valence-corrected chi connectivity index (χ3v) is 2.98. The molecule has 0 saturated carbocycles. The van der Waals surface area contributed by atoms with Crippen molar-refractivity contribution in [2.45, 2.75) is 0 Å². The Labute approximate surface area is 98.6 Å². The monoisotopic (exact) mass is 222 g/mol. The molecule has 0 atom stereocenters. The molecule has 0 fully saturated rings. The lowest BCUT2D eigenvalue weighted by Gasteiger charge is -2.19. The molecule has 0 aromatic heterocycles. The number of rotatable bonds is 0. The van der Waals surface area contributed by atoms with Gasteiger partial charge in [-0.1, -0.05) is 48.5 Å². The molecule has 17 heavy (non-hydrogen) atoms. The molecular formula is C14H10N2O. The number of hydrogen-bond donors (Lipinski definition) is 1. The van der Waals surface area contributed by atoms with Crippen LogP contribution in [0.1, 0.15) is 27.0 Å². The highest BCUT2D eigenvalue weighted by molar-refractivity contribution is 6.29. The van der Waals surface area contributed by atoms with E-state index in [-0.39, 0.29) is 5.78 Å². The lowest BCUT2D eigenvalue weighted by atomic mass is 9.84. The highest BCUT2D eigenvalue weighted by atomic mass is 16.1. The standard InChI is InChI=1S/C14H10N2O/c15-16-13-9-5-1-3-7-11(9)14(17)12-8-4-2-6-10(12)13/h1-8H,15H2. The summed E-state index contributed by atoms with van der Waals surface area (Å²) in [7, 11) is 0. The number of fused-ring (bicyclic) bond motifs is 2.